The van der Waals surface area contributed by atoms with Crippen molar-refractivity contribution in [3.05, 3.63) is 59.1 Å². The highest BCUT2D eigenvalue weighted by molar-refractivity contribution is 9.11. The summed E-state index contributed by atoms with van der Waals surface area (Å²) in [4.78, 5) is 6.35. The van der Waals surface area contributed by atoms with Gasteiger partial charge in [-0.05, 0) is 5.56 Å². The molecule has 0 unspecified atom stereocenters. The molecule has 2 aromatic rings. The summed E-state index contributed by atoms with van der Waals surface area (Å²) in [5.74, 6) is 1.47. The smallest absolute Gasteiger partial charge is 0.115 e. The number of imidazole rings is 1. The van der Waals surface area contributed by atoms with Gasteiger partial charge in [-0.25, -0.2) is 4.98 Å². The Morgan fingerprint density at radius 2 is 2.00 bits per heavy atom. The minimum atomic E-state index is 0.399. The molecule has 1 heterocycles. The minimum Gasteiger partial charge on any atom is -0.302 e. The largest absolute Gasteiger partial charge is 0.302 e. The van der Waals surface area contributed by atoms with Gasteiger partial charge in [0.2, 0.25) is 0 Å². The first-order valence-electron chi connectivity index (χ1n) is 5.63. The SMILES string of the molecule is CC(C)c1nccn1/C(=C\Br)c1ccccc1. The zero-order chi connectivity index (χ0) is 12.3. The lowest BCUT2D eigenvalue weighted by Gasteiger charge is -2.13. The van der Waals surface area contributed by atoms with Crippen LogP contribution < -0.4 is 0 Å². The molecule has 0 bridgehead atoms. The van der Waals surface area contributed by atoms with E-state index in [2.05, 4.69) is 51.5 Å². The Kier molecular flexibility index (Phi) is 3.79. The van der Waals surface area contributed by atoms with Crippen LogP contribution in [0.2, 0.25) is 0 Å². The quantitative estimate of drug-likeness (QED) is 0.826. The molecule has 0 saturated carbocycles. The van der Waals surface area contributed by atoms with E-state index in [4.69, 9.17) is 0 Å². The highest BCUT2D eigenvalue weighted by Crippen LogP contribution is 2.23. The first-order chi connectivity index (χ1) is 8.24. The predicted molar refractivity (Wildman–Crippen MR) is 75.1 cm³/mol. The van der Waals surface area contributed by atoms with Gasteiger partial charge in [0.05, 0.1) is 5.70 Å². The maximum Gasteiger partial charge on any atom is 0.115 e. The maximum atomic E-state index is 4.41. The maximum absolute atomic E-state index is 4.41. The van der Waals surface area contributed by atoms with Gasteiger partial charge >= 0.3 is 0 Å². The summed E-state index contributed by atoms with van der Waals surface area (Å²) in [6.07, 6.45) is 3.84. The lowest BCUT2D eigenvalue weighted by molar-refractivity contribution is 0.759. The number of benzene rings is 1. The lowest BCUT2D eigenvalue weighted by Crippen LogP contribution is -2.04. The molecule has 0 spiro atoms. The fourth-order valence-corrected chi connectivity index (χ4v) is 2.29. The average Bonchev–Trinajstić information content (AvgIpc) is 2.81. The normalized spacial score (nSPS) is 12.1. The molecule has 1 aromatic heterocycles. The van der Waals surface area contributed by atoms with E-state index in [9.17, 15) is 0 Å². The Bertz CT molecular complexity index is 512. The third-order valence-electron chi connectivity index (χ3n) is 2.62. The van der Waals surface area contributed by atoms with Crippen molar-refractivity contribution in [3.63, 3.8) is 0 Å². The lowest BCUT2D eigenvalue weighted by atomic mass is 10.1. The Morgan fingerprint density at radius 1 is 1.29 bits per heavy atom. The molecule has 0 aliphatic heterocycles. The van der Waals surface area contributed by atoms with Crippen LogP contribution in [0.15, 0.2) is 47.7 Å². The zero-order valence-corrected chi connectivity index (χ0v) is 11.6. The van der Waals surface area contributed by atoms with Crippen LogP contribution in [-0.2, 0) is 0 Å². The summed E-state index contributed by atoms with van der Waals surface area (Å²) < 4.78 is 2.12. The molecule has 3 heteroatoms. The molecule has 0 radical (unpaired) electrons. The first kappa shape index (κ1) is 12.1. The second kappa shape index (κ2) is 5.32. The molecule has 88 valence electrons. The molecule has 0 fully saturated rings. The highest BCUT2D eigenvalue weighted by Gasteiger charge is 2.11. The molecule has 0 aliphatic carbocycles. The van der Waals surface area contributed by atoms with Gasteiger partial charge in [-0.1, -0.05) is 60.1 Å². The third-order valence-corrected chi connectivity index (χ3v) is 3.05. The Labute approximate surface area is 110 Å². The number of rotatable bonds is 3. The van der Waals surface area contributed by atoms with Gasteiger partial charge in [-0.2, -0.15) is 0 Å². The number of aromatic nitrogens is 2. The molecule has 1 aromatic carbocycles. The Hall–Kier alpha value is -1.35. The van der Waals surface area contributed by atoms with Crippen molar-refractivity contribution >= 4 is 21.6 Å². The number of nitrogens with zero attached hydrogens (tertiary/aromatic N) is 2. The van der Waals surface area contributed by atoms with Crippen LogP contribution in [0, 0.1) is 0 Å². The van der Waals surface area contributed by atoms with Crippen LogP contribution in [0.5, 0.6) is 0 Å². The molecule has 0 aliphatic rings. The van der Waals surface area contributed by atoms with E-state index in [-0.39, 0.29) is 0 Å². The van der Waals surface area contributed by atoms with Gasteiger partial charge in [0.15, 0.2) is 0 Å². The second-order valence-corrected chi connectivity index (χ2v) is 4.63. The van der Waals surface area contributed by atoms with Gasteiger partial charge in [0.25, 0.3) is 0 Å². The van der Waals surface area contributed by atoms with E-state index in [0.717, 1.165) is 11.5 Å². The molecular weight excluding hydrogens is 276 g/mol. The van der Waals surface area contributed by atoms with Crippen molar-refractivity contribution in [1.82, 2.24) is 9.55 Å². The van der Waals surface area contributed by atoms with E-state index in [1.165, 1.54) is 5.56 Å². The predicted octanol–water partition coefficient (Wildman–Crippen LogP) is 4.25. The minimum absolute atomic E-state index is 0.399. The highest BCUT2D eigenvalue weighted by atomic mass is 79.9. The second-order valence-electron chi connectivity index (χ2n) is 4.17. The molecule has 0 atom stereocenters. The molecular formula is C14H15BrN2. The Morgan fingerprint density at radius 3 is 2.59 bits per heavy atom. The summed E-state index contributed by atoms with van der Waals surface area (Å²) >= 11 is 3.45. The van der Waals surface area contributed by atoms with Crippen molar-refractivity contribution in [2.75, 3.05) is 0 Å². The van der Waals surface area contributed by atoms with E-state index in [0.29, 0.717) is 5.92 Å². The molecule has 0 amide bonds. The zero-order valence-electron chi connectivity index (χ0n) is 9.97. The van der Waals surface area contributed by atoms with Crippen LogP contribution in [0.4, 0.5) is 0 Å². The van der Waals surface area contributed by atoms with Crippen molar-refractivity contribution < 1.29 is 0 Å². The van der Waals surface area contributed by atoms with Crippen molar-refractivity contribution in [1.29, 1.82) is 0 Å². The molecule has 2 nitrogen and oxygen atoms in total. The summed E-state index contributed by atoms with van der Waals surface area (Å²) in [6, 6.07) is 10.3. The fourth-order valence-electron chi connectivity index (χ4n) is 1.81. The first-order valence-corrected chi connectivity index (χ1v) is 6.55. The number of halogens is 1. The topological polar surface area (TPSA) is 17.8 Å². The van der Waals surface area contributed by atoms with Crippen molar-refractivity contribution in [2.24, 2.45) is 0 Å². The van der Waals surface area contributed by atoms with Crippen LogP contribution in [0.3, 0.4) is 0 Å². The summed E-state index contributed by atoms with van der Waals surface area (Å²) in [5.41, 5.74) is 2.27. The van der Waals surface area contributed by atoms with Crippen LogP contribution in [-0.4, -0.2) is 9.55 Å². The van der Waals surface area contributed by atoms with Gasteiger partial charge < -0.3 is 4.57 Å². The van der Waals surface area contributed by atoms with Crippen molar-refractivity contribution in [2.45, 2.75) is 19.8 Å². The number of hydrogen-bond donors (Lipinski definition) is 0. The average molecular weight is 291 g/mol. The molecule has 17 heavy (non-hydrogen) atoms. The van der Waals surface area contributed by atoms with E-state index < -0.39 is 0 Å². The Balaban J connectivity index is 2.48. The summed E-state index contributed by atoms with van der Waals surface area (Å²) in [6.45, 7) is 4.30. The molecule has 2 rings (SSSR count). The standard InChI is InChI=1S/C14H15BrN2/c1-11(2)14-16-8-9-17(14)13(10-15)12-6-4-3-5-7-12/h3-11H,1-2H3/b13-10-. The summed E-state index contributed by atoms with van der Waals surface area (Å²) in [7, 11) is 0. The van der Waals surface area contributed by atoms with Crippen LogP contribution in [0.25, 0.3) is 5.70 Å². The summed E-state index contributed by atoms with van der Waals surface area (Å²) in [5, 5.41) is 0. The monoisotopic (exact) mass is 290 g/mol. The van der Waals surface area contributed by atoms with E-state index in [1.54, 1.807) is 0 Å². The van der Waals surface area contributed by atoms with Crippen molar-refractivity contribution in [3.8, 4) is 0 Å². The van der Waals surface area contributed by atoms with E-state index >= 15 is 0 Å². The third kappa shape index (κ3) is 2.50. The van der Waals surface area contributed by atoms with E-state index in [1.807, 2.05) is 35.6 Å². The molecule has 0 saturated heterocycles. The van der Waals surface area contributed by atoms with Crippen LogP contribution in [0.1, 0.15) is 31.2 Å². The molecule has 0 N–H and O–H groups in total. The van der Waals surface area contributed by atoms with Crippen LogP contribution >= 0.6 is 15.9 Å². The fraction of sp³-hybridized carbons (Fsp3) is 0.214. The van der Waals surface area contributed by atoms with Gasteiger partial charge in [0, 0.05) is 23.3 Å². The van der Waals surface area contributed by atoms with Gasteiger partial charge in [0.1, 0.15) is 5.82 Å². The van der Waals surface area contributed by atoms with Gasteiger partial charge in [-0.3, -0.25) is 0 Å². The number of hydrogen-bond acceptors (Lipinski definition) is 1. The van der Waals surface area contributed by atoms with Gasteiger partial charge in [-0.15, -0.1) is 0 Å².